The first-order valence-corrected chi connectivity index (χ1v) is 5.83. The normalized spacial score (nSPS) is 11.0. The number of carbonyl (C=O) groups excluding carboxylic acids is 2. The Balaban J connectivity index is 4.11. The van der Waals surface area contributed by atoms with Crippen molar-refractivity contribution in [2.24, 2.45) is 0 Å². The summed E-state index contributed by atoms with van der Waals surface area (Å²) in [6.45, 7) is 7.36. The molecular weight excluding hydrogens is 208 g/mol. The number of rotatable bonds is 7. The molecule has 0 radical (unpaired) electrons. The van der Waals surface area contributed by atoms with Crippen molar-refractivity contribution in [3.05, 3.63) is 0 Å². The molecule has 0 bridgehead atoms. The molecule has 94 valence electrons. The highest BCUT2D eigenvalue weighted by Gasteiger charge is 2.33. The molecule has 16 heavy (non-hydrogen) atoms. The van der Waals surface area contributed by atoms with Crippen LogP contribution in [0.2, 0.25) is 0 Å². The lowest BCUT2D eigenvalue weighted by atomic mass is 10.1. The van der Waals surface area contributed by atoms with Gasteiger partial charge in [-0.05, 0) is 26.7 Å². The van der Waals surface area contributed by atoms with Crippen molar-refractivity contribution in [1.82, 2.24) is 0 Å². The maximum atomic E-state index is 11.5. The van der Waals surface area contributed by atoms with Gasteiger partial charge >= 0.3 is 11.9 Å². The molecule has 0 aliphatic heterocycles. The Bertz CT molecular complexity index is 233. The number of unbranched alkanes of at least 4 members (excludes halogenated alkanes) is 1. The van der Waals surface area contributed by atoms with E-state index in [1.54, 1.807) is 13.8 Å². The molecule has 0 spiro atoms. The second-order valence-electron chi connectivity index (χ2n) is 4.22. The first kappa shape index (κ1) is 14.9. The van der Waals surface area contributed by atoms with Gasteiger partial charge in [0.15, 0.2) is 0 Å². The van der Waals surface area contributed by atoms with E-state index in [2.05, 4.69) is 0 Å². The van der Waals surface area contributed by atoms with E-state index in [0.29, 0.717) is 13.0 Å². The Hall–Kier alpha value is -1.06. The summed E-state index contributed by atoms with van der Waals surface area (Å²) in [4.78, 5) is 22.9. The average Bonchev–Trinajstić information content (AvgIpc) is 2.22. The number of carbonyl (C=O) groups is 2. The van der Waals surface area contributed by atoms with Crippen molar-refractivity contribution >= 4 is 11.9 Å². The summed E-state index contributed by atoms with van der Waals surface area (Å²) >= 11 is 0. The first-order chi connectivity index (χ1) is 7.44. The molecule has 0 aromatic rings. The molecule has 4 nitrogen and oxygen atoms in total. The minimum Gasteiger partial charge on any atom is -0.463 e. The van der Waals surface area contributed by atoms with Crippen LogP contribution in [0.5, 0.6) is 0 Å². The van der Waals surface area contributed by atoms with Gasteiger partial charge in [-0.15, -0.1) is 0 Å². The molecule has 0 aromatic carbocycles. The lowest BCUT2D eigenvalue weighted by molar-refractivity contribution is -0.178. The van der Waals surface area contributed by atoms with Crippen molar-refractivity contribution in [1.29, 1.82) is 0 Å². The zero-order valence-electron chi connectivity index (χ0n) is 10.7. The van der Waals surface area contributed by atoms with Gasteiger partial charge < -0.3 is 9.47 Å². The molecule has 0 aliphatic rings. The summed E-state index contributed by atoms with van der Waals surface area (Å²) in [7, 11) is 0. The van der Waals surface area contributed by atoms with Crippen LogP contribution in [0.15, 0.2) is 0 Å². The Kier molecular flexibility index (Phi) is 6.77. The molecule has 0 saturated carbocycles. The smallest absolute Gasteiger partial charge is 0.350 e. The summed E-state index contributed by atoms with van der Waals surface area (Å²) in [6, 6.07) is 0. The lowest BCUT2D eigenvalue weighted by Crippen LogP contribution is -2.38. The molecule has 0 aliphatic carbocycles. The minimum atomic E-state index is -1.18. The van der Waals surface area contributed by atoms with Gasteiger partial charge in [0, 0.05) is 6.42 Å². The summed E-state index contributed by atoms with van der Waals surface area (Å²) in [5.74, 6) is -0.834. The lowest BCUT2D eigenvalue weighted by Gasteiger charge is -2.22. The van der Waals surface area contributed by atoms with Gasteiger partial charge in [0.1, 0.15) is 0 Å². The molecular formula is C12H22O4. The van der Waals surface area contributed by atoms with Crippen LogP contribution in [0.3, 0.4) is 0 Å². The van der Waals surface area contributed by atoms with E-state index >= 15 is 0 Å². The zero-order valence-corrected chi connectivity index (χ0v) is 10.7. The number of esters is 2. The molecule has 4 heteroatoms. The molecule has 0 unspecified atom stereocenters. The van der Waals surface area contributed by atoms with E-state index in [1.165, 1.54) is 0 Å². The van der Waals surface area contributed by atoms with E-state index in [0.717, 1.165) is 19.3 Å². The van der Waals surface area contributed by atoms with E-state index < -0.39 is 11.6 Å². The van der Waals surface area contributed by atoms with Crippen LogP contribution in [0.1, 0.15) is 53.4 Å². The SMILES string of the molecule is CCCCC(=O)OC(C)(C)C(=O)OCCC. The van der Waals surface area contributed by atoms with Gasteiger partial charge in [-0.1, -0.05) is 20.3 Å². The molecule has 0 fully saturated rings. The number of hydrogen-bond donors (Lipinski definition) is 0. The average molecular weight is 230 g/mol. The number of ether oxygens (including phenoxy) is 2. The molecule has 0 atom stereocenters. The van der Waals surface area contributed by atoms with Crippen molar-refractivity contribution in [3.8, 4) is 0 Å². The highest BCUT2D eigenvalue weighted by molar-refractivity contribution is 5.82. The fourth-order valence-corrected chi connectivity index (χ4v) is 1.07. The Morgan fingerprint density at radius 3 is 2.25 bits per heavy atom. The first-order valence-electron chi connectivity index (χ1n) is 5.83. The van der Waals surface area contributed by atoms with Gasteiger partial charge in [-0.2, -0.15) is 0 Å². The second-order valence-corrected chi connectivity index (χ2v) is 4.22. The minimum absolute atomic E-state index is 0.347. The van der Waals surface area contributed by atoms with Crippen LogP contribution < -0.4 is 0 Å². The molecule has 0 amide bonds. The van der Waals surface area contributed by atoms with Crippen molar-refractivity contribution in [2.45, 2.75) is 59.0 Å². The zero-order chi connectivity index (χ0) is 12.6. The summed E-state index contributed by atoms with van der Waals surface area (Å²) in [6.07, 6.45) is 2.81. The Labute approximate surface area is 97.3 Å². The predicted octanol–water partition coefficient (Wildman–Crippen LogP) is 2.45. The maximum absolute atomic E-state index is 11.5. The highest BCUT2D eigenvalue weighted by atomic mass is 16.6. The van der Waals surface area contributed by atoms with Gasteiger partial charge in [0.2, 0.25) is 5.60 Å². The predicted molar refractivity (Wildman–Crippen MR) is 60.9 cm³/mol. The summed E-state index contributed by atoms with van der Waals surface area (Å²) in [5, 5.41) is 0. The summed E-state index contributed by atoms with van der Waals surface area (Å²) in [5.41, 5.74) is -1.18. The molecule has 0 saturated heterocycles. The van der Waals surface area contributed by atoms with Crippen molar-refractivity contribution in [2.75, 3.05) is 6.61 Å². The molecule has 0 N–H and O–H groups in total. The van der Waals surface area contributed by atoms with Crippen LogP contribution in [-0.4, -0.2) is 24.1 Å². The highest BCUT2D eigenvalue weighted by Crippen LogP contribution is 2.14. The van der Waals surface area contributed by atoms with Crippen LogP contribution in [0, 0.1) is 0 Å². The Morgan fingerprint density at radius 2 is 1.75 bits per heavy atom. The summed E-state index contributed by atoms with van der Waals surface area (Å²) < 4.78 is 10.0. The van der Waals surface area contributed by atoms with Crippen LogP contribution >= 0.6 is 0 Å². The van der Waals surface area contributed by atoms with Crippen LogP contribution in [0.4, 0.5) is 0 Å². The molecule has 0 rings (SSSR count). The maximum Gasteiger partial charge on any atom is 0.350 e. The largest absolute Gasteiger partial charge is 0.463 e. The fraction of sp³-hybridized carbons (Fsp3) is 0.833. The van der Waals surface area contributed by atoms with Crippen LogP contribution in [-0.2, 0) is 19.1 Å². The molecule has 0 heterocycles. The van der Waals surface area contributed by atoms with Crippen LogP contribution in [0.25, 0.3) is 0 Å². The third-order valence-electron chi connectivity index (χ3n) is 2.03. The van der Waals surface area contributed by atoms with E-state index in [-0.39, 0.29) is 5.97 Å². The fourth-order valence-electron chi connectivity index (χ4n) is 1.07. The second kappa shape index (κ2) is 7.25. The van der Waals surface area contributed by atoms with Gasteiger partial charge in [-0.25, -0.2) is 4.79 Å². The standard InChI is InChI=1S/C12H22O4/c1-5-7-8-10(13)16-12(3,4)11(14)15-9-6-2/h5-9H2,1-4H3. The van der Waals surface area contributed by atoms with E-state index in [9.17, 15) is 9.59 Å². The topological polar surface area (TPSA) is 52.6 Å². The van der Waals surface area contributed by atoms with Gasteiger partial charge in [-0.3, -0.25) is 4.79 Å². The number of hydrogen-bond acceptors (Lipinski definition) is 4. The third-order valence-corrected chi connectivity index (χ3v) is 2.03. The quantitative estimate of drug-likeness (QED) is 0.630. The van der Waals surface area contributed by atoms with Gasteiger partial charge in [0.25, 0.3) is 0 Å². The van der Waals surface area contributed by atoms with E-state index in [4.69, 9.17) is 9.47 Å². The van der Waals surface area contributed by atoms with Gasteiger partial charge in [0.05, 0.1) is 6.61 Å². The van der Waals surface area contributed by atoms with Crippen molar-refractivity contribution < 1.29 is 19.1 Å². The molecule has 0 aromatic heterocycles. The Morgan fingerprint density at radius 1 is 1.12 bits per heavy atom. The monoisotopic (exact) mass is 230 g/mol. The van der Waals surface area contributed by atoms with Crippen molar-refractivity contribution in [3.63, 3.8) is 0 Å². The van der Waals surface area contributed by atoms with E-state index in [1.807, 2.05) is 13.8 Å². The third kappa shape index (κ3) is 5.73.